The Morgan fingerprint density at radius 1 is 1.30 bits per heavy atom. The molecule has 0 radical (unpaired) electrons. The van der Waals surface area contributed by atoms with Gasteiger partial charge in [0.25, 0.3) is 0 Å². The van der Waals surface area contributed by atoms with E-state index in [1.807, 2.05) is 28.8 Å². The van der Waals surface area contributed by atoms with Gasteiger partial charge < -0.3 is 15.0 Å². The molecule has 0 spiro atoms. The fourth-order valence-corrected chi connectivity index (χ4v) is 2.75. The number of hydrogen-bond donors (Lipinski definition) is 1. The van der Waals surface area contributed by atoms with Crippen molar-refractivity contribution in [1.82, 2.24) is 14.5 Å². The number of nitrogen functional groups attached to an aromatic ring is 1. The molecule has 1 atom stereocenters. The van der Waals surface area contributed by atoms with Gasteiger partial charge in [0, 0.05) is 12.6 Å². The van der Waals surface area contributed by atoms with Crippen molar-refractivity contribution in [3.05, 3.63) is 48.3 Å². The SMILES string of the molecule is Nc1nc2cnccc2n1CC1Cc2ccccc2O1. The molecule has 1 aliphatic rings. The fraction of sp³-hybridized carbons (Fsp3) is 0.200. The van der Waals surface area contributed by atoms with Crippen molar-refractivity contribution < 1.29 is 4.74 Å². The Morgan fingerprint density at radius 2 is 2.20 bits per heavy atom. The number of imidazole rings is 1. The molecule has 1 aromatic carbocycles. The van der Waals surface area contributed by atoms with Crippen LogP contribution in [0.3, 0.4) is 0 Å². The first-order valence-electron chi connectivity index (χ1n) is 6.61. The lowest BCUT2D eigenvalue weighted by atomic mass is 10.1. The van der Waals surface area contributed by atoms with Crippen LogP contribution in [0.5, 0.6) is 5.75 Å². The third-order valence-corrected chi connectivity index (χ3v) is 3.68. The van der Waals surface area contributed by atoms with Crippen LogP contribution < -0.4 is 10.5 Å². The number of ether oxygens (including phenoxy) is 1. The Kier molecular flexibility index (Phi) is 2.39. The van der Waals surface area contributed by atoms with E-state index < -0.39 is 0 Å². The topological polar surface area (TPSA) is 66.0 Å². The van der Waals surface area contributed by atoms with Gasteiger partial charge in [0.15, 0.2) is 0 Å². The van der Waals surface area contributed by atoms with Crippen LogP contribution in [0.15, 0.2) is 42.7 Å². The lowest BCUT2D eigenvalue weighted by molar-refractivity contribution is 0.211. The minimum atomic E-state index is 0.0975. The Morgan fingerprint density at radius 3 is 3.10 bits per heavy atom. The molecule has 5 heteroatoms. The van der Waals surface area contributed by atoms with Crippen molar-refractivity contribution >= 4 is 17.0 Å². The molecule has 4 rings (SSSR count). The standard InChI is InChI=1S/C15H14N4O/c16-15-18-12-8-17-6-5-13(12)19(15)9-11-7-10-3-1-2-4-14(10)20-11/h1-6,8,11H,7,9H2,(H2,16,18). The molecule has 2 aromatic heterocycles. The largest absolute Gasteiger partial charge is 0.488 e. The molecule has 5 nitrogen and oxygen atoms in total. The lowest BCUT2D eigenvalue weighted by Crippen LogP contribution is -2.21. The second kappa shape index (κ2) is 4.23. The molecule has 1 unspecified atom stereocenters. The van der Waals surface area contributed by atoms with Gasteiger partial charge in [-0.25, -0.2) is 4.98 Å². The summed E-state index contributed by atoms with van der Waals surface area (Å²) in [5.41, 5.74) is 9.07. The predicted octanol–water partition coefficient (Wildman–Crippen LogP) is 2.02. The Balaban J connectivity index is 1.65. The van der Waals surface area contributed by atoms with Crippen molar-refractivity contribution in [2.24, 2.45) is 0 Å². The lowest BCUT2D eigenvalue weighted by Gasteiger charge is -2.13. The molecule has 0 saturated heterocycles. The average Bonchev–Trinajstić information content (AvgIpc) is 3.00. The van der Waals surface area contributed by atoms with Crippen LogP contribution in [0.1, 0.15) is 5.56 Å². The zero-order chi connectivity index (χ0) is 13.5. The summed E-state index contributed by atoms with van der Waals surface area (Å²) in [7, 11) is 0. The first-order chi connectivity index (χ1) is 9.81. The zero-order valence-electron chi connectivity index (χ0n) is 10.9. The van der Waals surface area contributed by atoms with E-state index >= 15 is 0 Å². The monoisotopic (exact) mass is 266 g/mol. The molecule has 20 heavy (non-hydrogen) atoms. The van der Waals surface area contributed by atoms with Gasteiger partial charge in [0.2, 0.25) is 5.95 Å². The summed E-state index contributed by atoms with van der Waals surface area (Å²) in [5, 5.41) is 0. The number of aromatic nitrogens is 3. The smallest absolute Gasteiger partial charge is 0.201 e. The third kappa shape index (κ3) is 1.71. The second-order valence-electron chi connectivity index (χ2n) is 5.00. The van der Waals surface area contributed by atoms with Crippen molar-refractivity contribution in [3.8, 4) is 5.75 Å². The van der Waals surface area contributed by atoms with E-state index in [0.29, 0.717) is 12.5 Å². The Labute approximate surface area is 116 Å². The number of rotatable bonds is 2. The molecular formula is C15H14N4O. The predicted molar refractivity (Wildman–Crippen MR) is 76.5 cm³/mol. The summed E-state index contributed by atoms with van der Waals surface area (Å²) in [5.74, 6) is 1.48. The minimum absolute atomic E-state index is 0.0975. The van der Waals surface area contributed by atoms with Gasteiger partial charge in [-0.3, -0.25) is 4.98 Å². The van der Waals surface area contributed by atoms with E-state index in [2.05, 4.69) is 16.0 Å². The molecule has 2 N–H and O–H groups in total. The van der Waals surface area contributed by atoms with Crippen LogP contribution >= 0.6 is 0 Å². The van der Waals surface area contributed by atoms with Gasteiger partial charge in [-0.15, -0.1) is 0 Å². The average molecular weight is 266 g/mol. The highest BCUT2D eigenvalue weighted by Gasteiger charge is 2.24. The summed E-state index contributed by atoms with van der Waals surface area (Å²) in [4.78, 5) is 8.40. The van der Waals surface area contributed by atoms with Crippen LogP contribution in [-0.2, 0) is 13.0 Å². The number of para-hydroxylation sites is 1. The normalized spacial score (nSPS) is 17.1. The second-order valence-corrected chi connectivity index (χ2v) is 5.00. The van der Waals surface area contributed by atoms with Crippen LogP contribution in [0, 0.1) is 0 Å². The molecular weight excluding hydrogens is 252 g/mol. The van der Waals surface area contributed by atoms with E-state index in [4.69, 9.17) is 10.5 Å². The molecule has 0 aliphatic carbocycles. The quantitative estimate of drug-likeness (QED) is 0.770. The van der Waals surface area contributed by atoms with Crippen LogP contribution in [-0.4, -0.2) is 20.6 Å². The van der Waals surface area contributed by atoms with Gasteiger partial charge in [0.1, 0.15) is 17.4 Å². The maximum atomic E-state index is 6.01. The zero-order valence-corrected chi connectivity index (χ0v) is 10.9. The molecule has 0 bridgehead atoms. The minimum Gasteiger partial charge on any atom is -0.488 e. The van der Waals surface area contributed by atoms with Gasteiger partial charge in [-0.2, -0.15) is 0 Å². The van der Waals surface area contributed by atoms with E-state index in [0.717, 1.165) is 23.2 Å². The Bertz CT molecular complexity index is 755. The number of benzene rings is 1. The Hall–Kier alpha value is -2.56. The molecule has 0 amide bonds. The van der Waals surface area contributed by atoms with E-state index in [9.17, 15) is 0 Å². The number of fused-ring (bicyclic) bond motifs is 2. The van der Waals surface area contributed by atoms with Crippen molar-refractivity contribution in [2.75, 3.05) is 5.73 Å². The maximum absolute atomic E-state index is 6.01. The highest BCUT2D eigenvalue weighted by Crippen LogP contribution is 2.29. The summed E-state index contributed by atoms with van der Waals surface area (Å²) < 4.78 is 7.96. The van der Waals surface area contributed by atoms with Crippen LogP contribution in [0.4, 0.5) is 5.95 Å². The highest BCUT2D eigenvalue weighted by molar-refractivity contribution is 5.77. The number of nitrogens with zero attached hydrogens (tertiary/aromatic N) is 3. The summed E-state index contributed by atoms with van der Waals surface area (Å²) >= 11 is 0. The molecule has 0 saturated carbocycles. The van der Waals surface area contributed by atoms with E-state index in [1.54, 1.807) is 12.4 Å². The first-order valence-corrected chi connectivity index (χ1v) is 6.61. The highest BCUT2D eigenvalue weighted by atomic mass is 16.5. The molecule has 3 aromatic rings. The van der Waals surface area contributed by atoms with Crippen molar-refractivity contribution in [3.63, 3.8) is 0 Å². The summed E-state index contributed by atoms with van der Waals surface area (Å²) in [6.45, 7) is 0.695. The van der Waals surface area contributed by atoms with Crippen molar-refractivity contribution in [1.29, 1.82) is 0 Å². The summed E-state index contributed by atoms with van der Waals surface area (Å²) in [6.07, 6.45) is 4.48. The van der Waals surface area contributed by atoms with Crippen LogP contribution in [0.2, 0.25) is 0 Å². The number of nitrogens with two attached hydrogens (primary N) is 1. The van der Waals surface area contributed by atoms with E-state index in [-0.39, 0.29) is 6.10 Å². The summed E-state index contributed by atoms with van der Waals surface area (Å²) in [6, 6.07) is 10.1. The molecule has 1 aliphatic heterocycles. The molecule has 100 valence electrons. The van der Waals surface area contributed by atoms with Gasteiger partial charge in [-0.1, -0.05) is 18.2 Å². The van der Waals surface area contributed by atoms with Gasteiger partial charge in [0.05, 0.1) is 18.3 Å². The molecule has 0 fully saturated rings. The first kappa shape index (κ1) is 11.3. The number of hydrogen-bond acceptors (Lipinski definition) is 4. The van der Waals surface area contributed by atoms with Crippen LogP contribution in [0.25, 0.3) is 11.0 Å². The third-order valence-electron chi connectivity index (χ3n) is 3.68. The molecule has 3 heterocycles. The number of anilines is 1. The van der Waals surface area contributed by atoms with Crippen molar-refractivity contribution in [2.45, 2.75) is 19.1 Å². The van der Waals surface area contributed by atoms with E-state index in [1.165, 1.54) is 5.56 Å². The maximum Gasteiger partial charge on any atom is 0.201 e. The number of pyridine rings is 1. The fourth-order valence-electron chi connectivity index (χ4n) is 2.75. The van der Waals surface area contributed by atoms with Gasteiger partial charge >= 0.3 is 0 Å². The van der Waals surface area contributed by atoms with Gasteiger partial charge in [-0.05, 0) is 17.7 Å².